The van der Waals surface area contributed by atoms with E-state index < -0.39 is 41.1 Å². The molecule has 0 unspecified atom stereocenters. The Labute approximate surface area is 153 Å². The molecular weight excluding hydrogens is 361 g/mol. The molecule has 2 amide bonds. The van der Waals surface area contributed by atoms with Crippen LogP contribution in [0.1, 0.15) is 11.5 Å². The van der Waals surface area contributed by atoms with Crippen molar-refractivity contribution in [1.29, 1.82) is 0 Å². The van der Waals surface area contributed by atoms with Crippen molar-refractivity contribution in [1.82, 2.24) is 4.90 Å². The highest BCUT2D eigenvalue weighted by atomic mass is 19.2. The summed E-state index contributed by atoms with van der Waals surface area (Å²) in [5.41, 5.74) is 0.184. The number of rotatable bonds is 4. The highest BCUT2D eigenvalue weighted by Gasteiger charge is 2.44. The Morgan fingerprint density at radius 1 is 1.19 bits per heavy atom. The summed E-state index contributed by atoms with van der Waals surface area (Å²) >= 11 is 0. The van der Waals surface area contributed by atoms with Crippen LogP contribution in [0.4, 0.5) is 18.9 Å². The molecule has 0 radical (unpaired) electrons. The van der Waals surface area contributed by atoms with E-state index in [2.05, 4.69) is 5.32 Å². The minimum absolute atomic E-state index is 0.00941. The average molecular weight is 378 g/mol. The summed E-state index contributed by atoms with van der Waals surface area (Å²) in [6.07, 6.45) is 0. The quantitative estimate of drug-likeness (QED) is 0.833. The minimum Gasteiger partial charge on any atom is -0.494 e. The van der Waals surface area contributed by atoms with Crippen molar-refractivity contribution in [2.45, 2.75) is 5.92 Å². The number of likely N-dealkylation sites (tertiary alicyclic amines) is 1. The zero-order valence-corrected chi connectivity index (χ0v) is 14.6. The first kappa shape index (κ1) is 18.8. The molecule has 142 valence electrons. The van der Waals surface area contributed by atoms with E-state index in [1.165, 1.54) is 49.4 Å². The third-order valence-electron chi connectivity index (χ3n) is 4.61. The number of carbonyl (C=O) groups excluding carboxylic acids is 2. The standard InChI is InChI=1S/C19H17F3N2O3/c1-24-9-11(10-6-7-12(20)15(8-10)27-2)16(19(24)26)18(25)23-14-5-3-4-13(21)17(14)22/h3-8,11,16H,9H2,1-2H3,(H,23,25)/t11-,16+/m1/s1. The molecule has 27 heavy (non-hydrogen) atoms. The van der Waals surface area contributed by atoms with Crippen molar-refractivity contribution < 1.29 is 27.5 Å². The second-order valence-electron chi connectivity index (χ2n) is 6.29. The van der Waals surface area contributed by atoms with E-state index >= 15 is 0 Å². The molecule has 1 N–H and O–H groups in total. The molecule has 8 heteroatoms. The number of hydrogen-bond acceptors (Lipinski definition) is 3. The Morgan fingerprint density at radius 2 is 1.93 bits per heavy atom. The van der Waals surface area contributed by atoms with E-state index in [0.29, 0.717) is 5.56 Å². The van der Waals surface area contributed by atoms with Gasteiger partial charge in [0.05, 0.1) is 12.8 Å². The van der Waals surface area contributed by atoms with Gasteiger partial charge in [-0.2, -0.15) is 0 Å². The van der Waals surface area contributed by atoms with Gasteiger partial charge in [0.15, 0.2) is 23.2 Å². The molecule has 0 spiro atoms. The van der Waals surface area contributed by atoms with E-state index in [1.54, 1.807) is 0 Å². The number of methoxy groups -OCH3 is 1. The maximum Gasteiger partial charge on any atom is 0.237 e. The Balaban J connectivity index is 1.92. The fraction of sp³-hybridized carbons (Fsp3) is 0.263. The number of anilines is 1. The van der Waals surface area contributed by atoms with E-state index in [0.717, 1.165) is 6.07 Å². The lowest BCUT2D eigenvalue weighted by Crippen LogP contribution is -2.33. The van der Waals surface area contributed by atoms with Crippen LogP contribution in [0, 0.1) is 23.4 Å². The molecule has 0 aliphatic carbocycles. The summed E-state index contributed by atoms with van der Waals surface area (Å²) in [4.78, 5) is 26.5. The second-order valence-corrected chi connectivity index (χ2v) is 6.29. The summed E-state index contributed by atoms with van der Waals surface area (Å²) in [7, 11) is 2.84. The van der Waals surface area contributed by atoms with Crippen LogP contribution in [-0.2, 0) is 9.59 Å². The zero-order valence-electron chi connectivity index (χ0n) is 14.6. The number of nitrogens with zero attached hydrogens (tertiary/aromatic N) is 1. The van der Waals surface area contributed by atoms with Gasteiger partial charge in [-0.05, 0) is 29.8 Å². The fourth-order valence-corrected chi connectivity index (χ4v) is 3.21. The van der Waals surface area contributed by atoms with Gasteiger partial charge in [-0.1, -0.05) is 12.1 Å². The molecule has 2 atom stereocenters. The molecule has 1 aliphatic heterocycles. The van der Waals surface area contributed by atoms with Crippen LogP contribution in [0.15, 0.2) is 36.4 Å². The van der Waals surface area contributed by atoms with Crippen LogP contribution >= 0.6 is 0 Å². The number of nitrogens with one attached hydrogen (secondary N) is 1. The lowest BCUT2D eigenvalue weighted by Gasteiger charge is -2.18. The zero-order chi connectivity index (χ0) is 19.7. The number of carbonyl (C=O) groups is 2. The Kier molecular flexibility index (Phi) is 5.07. The lowest BCUT2D eigenvalue weighted by atomic mass is 9.87. The van der Waals surface area contributed by atoms with Gasteiger partial charge in [0.25, 0.3) is 0 Å². The third kappa shape index (κ3) is 3.47. The normalized spacial score (nSPS) is 19.3. The molecule has 3 rings (SSSR count). The van der Waals surface area contributed by atoms with Gasteiger partial charge in [-0.25, -0.2) is 13.2 Å². The highest BCUT2D eigenvalue weighted by molar-refractivity contribution is 6.08. The van der Waals surface area contributed by atoms with Gasteiger partial charge in [0.1, 0.15) is 5.92 Å². The first-order chi connectivity index (χ1) is 12.8. The number of hydrogen-bond donors (Lipinski definition) is 1. The molecule has 1 aliphatic rings. The van der Waals surface area contributed by atoms with Crippen molar-refractivity contribution in [3.63, 3.8) is 0 Å². The van der Waals surface area contributed by atoms with E-state index in [1.807, 2.05) is 0 Å². The predicted octanol–water partition coefficient (Wildman–Crippen LogP) is 2.92. The summed E-state index contributed by atoms with van der Waals surface area (Å²) in [5, 5.41) is 2.28. The van der Waals surface area contributed by atoms with Crippen molar-refractivity contribution in [3.8, 4) is 5.75 Å². The average Bonchev–Trinajstić information content (AvgIpc) is 2.94. The number of halogens is 3. The van der Waals surface area contributed by atoms with Crippen molar-refractivity contribution in [2.75, 3.05) is 26.0 Å². The largest absolute Gasteiger partial charge is 0.494 e. The maximum absolute atomic E-state index is 13.8. The highest BCUT2D eigenvalue weighted by Crippen LogP contribution is 2.36. The molecule has 0 aromatic heterocycles. The number of ether oxygens (including phenoxy) is 1. The van der Waals surface area contributed by atoms with Crippen LogP contribution in [-0.4, -0.2) is 37.4 Å². The van der Waals surface area contributed by atoms with Gasteiger partial charge in [0.2, 0.25) is 11.8 Å². The minimum atomic E-state index is -1.20. The summed E-state index contributed by atoms with van der Waals surface area (Å²) in [6.45, 7) is 0.220. The van der Waals surface area contributed by atoms with Gasteiger partial charge in [-0.15, -0.1) is 0 Å². The van der Waals surface area contributed by atoms with Gasteiger partial charge in [-0.3, -0.25) is 9.59 Å². The number of benzene rings is 2. The molecule has 1 fully saturated rings. The van der Waals surface area contributed by atoms with E-state index in [9.17, 15) is 22.8 Å². The third-order valence-corrected chi connectivity index (χ3v) is 4.61. The van der Waals surface area contributed by atoms with Crippen LogP contribution in [0.3, 0.4) is 0 Å². The molecule has 0 bridgehead atoms. The van der Waals surface area contributed by atoms with Crippen molar-refractivity contribution in [2.24, 2.45) is 5.92 Å². The van der Waals surface area contributed by atoms with Crippen LogP contribution < -0.4 is 10.1 Å². The van der Waals surface area contributed by atoms with Crippen molar-refractivity contribution >= 4 is 17.5 Å². The van der Waals surface area contributed by atoms with Gasteiger partial charge in [0, 0.05) is 19.5 Å². The summed E-state index contributed by atoms with van der Waals surface area (Å²) < 4.78 is 45.8. The van der Waals surface area contributed by atoms with E-state index in [4.69, 9.17) is 4.74 Å². The maximum atomic E-state index is 13.8. The van der Waals surface area contributed by atoms with Crippen LogP contribution in [0.2, 0.25) is 0 Å². The summed E-state index contributed by atoms with van der Waals surface area (Å²) in [6, 6.07) is 7.47. The monoisotopic (exact) mass is 378 g/mol. The SMILES string of the molecule is COc1cc([C@H]2CN(C)C(=O)[C@@H]2C(=O)Nc2cccc(F)c2F)ccc1F. The van der Waals surface area contributed by atoms with Gasteiger partial charge < -0.3 is 15.0 Å². The first-order valence-corrected chi connectivity index (χ1v) is 8.16. The van der Waals surface area contributed by atoms with Crippen LogP contribution in [0.25, 0.3) is 0 Å². The first-order valence-electron chi connectivity index (χ1n) is 8.16. The lowest BCUT2D eigenvalue weighted by molar-refractivity contribution is -0.135. The Bertz CT molecular complexity index is 904. The molecule has 2 aromatic carbocycles. The molecule has 5 nitrogen and oxygen atoms in total. The van der Waals surface area contributed by atoms with Crippen molar-refractivity contribution in [3.05, 3.63) is 59.4 Å². The second kappa shape index (κ2) is 7.30. The van der Waals surface area contributed by atoms with E-state index in [-0.39, 0.29) is 18.0 Å². The number of likely N-dealkylation sites (N-methyl/N-ethyl adjacent to an activating group) is 1. The fourth-order valence-electron chi connectivity index (χ4n) is 3.21. The summed E-state index contributed by atoms with van der Waals surface area (Å²) in [5.74, 6) is -5.86. The predicted molar refractivity (Wildman–Crippen MR) is 91.8 cm³/mol. The molecule has 0 saturated carbocycles. The Hall–Kier alpha value is -3.03. The van der Waals surface area contributed by atoms with Gasteiger partial charge >= 0.3 is 0 Å². The molecule has 1 heterocycles. The molecule has 2 aromatic rings. The number of amides is 2. The molecule has 1 saturated heterocycles. The Morgan fingerprint density at radius 3 is 2.63 bits per heavy atom. The van der Waals surface area contributed by atoms with Crippen LogP contribution in [0.5, 0.6) is 5.75 Å². The topological polar surface area (TPSA) is 58.6 Å². The molecular formula is C19H17F3N2O3. The smallest absolute Gasteiger partial charge is 0.237 e.